The molecule has 18 heavy (non-hydrogen) atoms. The molecule has 1 fully saturated rings. The molecule has 0 amide bonds. The van der Waals surface area contributed by atoms with Crippen molar-refractivity contribution in [1.29, 1.82) is 0 Å². The zero-order valence-corrected chi connectivity index (χ0v) is 11.4. The summed E-state index contributed by atoms with van der Waals surface area (Å²) in [5, 5.41) is 10.1. The highest BCUT2D eigenvalue weighted by Crippen LogP contribution is 2.28. The Morgan fingerprint density at radius 1 is 1.33 bits per heavy atom. The van der Waals surface area contributed by atoms with Crippen LogP contribution in [0.2, 0.25) is 0 Å². The number of rotatable bonds is 2. The third kappa shape index (κ3) is 3.03. The van der Waals surface area contributed by atoms with Gasteiger partial charge >= 0.3 is 0 Å². The van der Waals surface area contributed by atoms with Crippen LogP contribution in [0.15, 0.2) is 18.2 Å². The number of nitrogens with two attached hydrogens (primary N) is 1. The molecule has 0 bridgehead atoms. The van der Waals surface area contributed by atoms with Crippen molar-refractivity contribution in [3.63, 3.8) is 0 Å². The lowest BCUT2D eigenvalue weighted by molar-refractivity contribution is 0.0481. The summed E-state index contributed by atoms with van der Waals surface area (Å²) in [4.78, 5) is 2.37. The molecule has 1 heterocycles. The van der Waals surface area contributed by atoms with E-state index in [-0.39, 0.29) is 0 Å². The lowest BCUT2D eigenvalue weighted by atomic mass is 9.98. The van der Waals surface area contributed by atoms with Gasteiger partial charge in [-0.1, -0.05) is 12.1 Å². The van der Waals surface area contributed by atoms with E-state index in [0.29, 0.717) is 6.54 Å². The number of benzene rings is 1. The van der Waals surface area contributed by atoms with E-state index >= 15 is 0 Å². The Bertz CT molecular complexity index is 415. The van der Waals surface area contributed by atoms with E-state index in [1.54, 1.807) is 0 Å². The van der Waals surface area contributed by atoms with Gasteiger partial charge in [0.05, 0.1) is 5.60 Å². The average molecular weight is 248 g/mol. The van der Waals surface area contributed by atoms with Crippen molar-refractivity contribution in [1.82, 2.24) is 0 Å². The maximum Gasteiger partial charge on any atom is 0.0637 e. The summed E-state index contributed by atoms with van der Waals surface area (Å²) in [5.41, 5.74) is 9.02. The second kappa shape index (κ2) is 5.29. The number of aliphatic hydroxyl groups is 1. The van der Waals surface area contributed by atoms with Crippen molar-refractivity contribution in [2.75, 3.05) is 18.0 Å². The van der Waals surface area contributed by atoms with Gasteiger partial charge in [0.2, 0.25) is 0 Å². The van der Waals surface area contributed by atoms with Crippen LogP contribution < -0.4 is 10.6 Å². The molecular weight excluding hydrogens is 224 g/mol. The first-order valence-electron chi connectivity index (χ1n) is 6.79. The fraction of sp³-hybridized carbons (Fsp3) is 0.600. The topological polar surface area (TPSA) is 49.5 Å². The van der Waals surface area contributed by atoms with Gasteiger partial charge in [0.1, 0.15) is 0 Å². The van der Waals surface area contributed by atoms with Crippen molar-refractivity contribution >= 4 is 5.69 Å². The van der Waals surface area contributed by atoms with Gasteiger partial charge in [-0.05, 0) is 50.3 Å². The van der Waals surface area contributed by atoms with Crippen molar-refractivity contribution in [3.8, 4) is 0 Å². The number of aryl methyl sites for hydroxylation is 1. The molecule has 3 heteroatoms. The minimum atomic E-state index is -0.512. The van der Waals surface area contributed by atoms with Crippen LogP contribution >= 0.6 is 0 Å². The van der Waals surface area contributed by atoms with E-state index in [0.717, 1.165) is 32.4 Å². The molecule has 1 saturated heterocycles. The number of nitrogens with zero attached hydrogens (tertiary/aromatic N) is 1. The number of hydrogen-bond donors (Lipinski definition) is 2. The van der Waals surface area contributed by atoms with E-state index in [4.69, 9.17) is 5.73 Å². The molecule has 0 radical (unpaired) electrons. The van der Waals surface area contributed by atoms with Crippen LogP contribution in [0.5, 0.6) is 0 Å². The van der Waals surface area contributed by atoms with Gasteiger partial charge in [0.25, 0.3) is 0 Å². The lowest BCUT2D eigenvalue weighted by Gasteiger charge is -2.26. The van der Waals surface area contributed by atoms with E-state index in [9.17, 15) is 5.11 Å². The second-order valence-corrected chi connectivity index (χ2v) is 5.67. The van der Waals surface area contributed by atoms with Crippen molar-refractivity contribution < 1.29 is 5.11 Å². The van der Waals surface area contributed by atoms with Crippen molar-refractivity contribution in [2.45, 2.75) is 45.3 Å². The Balaban J connectivity index is 2.23. The molecule has 1 aliphatic heterocycles. The summed E-state index contributed by atoms with van der Waals surface area (Å²) in [6, 6.07) is 6.44. The lowest BCUT2D eigenvalue weighted by Crippen LogP contribution is -2.29. The van der Waals surface area contributed by atoms with Gasteiger partial charge in [-0.15, -0.1) is 0 Å². The molecule has 0 saturated carbocycles. The van der Waals surface area contributed by atoms with Crippen LogP contribution in [0.25, 0.3) is 0 Å². The minimum absolute atomic E-state index is 0.512. The zero-order chi connectivity index (χ0) is 13.2. The molecule has 1 aliphatic rings. The normalized spacial score (nSPS) is 25.0. The van der Waals surface area contributed by atoms with E-state index in [2.05, 4.69) is 30.0 Å². The standard InChI is InChI=1S/C15H24N2O/c1-12-4-5-13(11-16)14(10-12)17-8-3-6-15(2,18)7-9-17/h4-5,10,18H,3,6-9,11,16H2,1-2H3. The quantitative estimate of drug-likeness (QED) is 0.843. The molecular formula is C15H24N2O. The fourth-order valence-electron chi connectivity index (χ4n) is 2.65. The molecule has 2 rings (SSSR count). The van der Waals surface area contributed by atoms with Crippen LogP contribution in [0.1, 0.15) is 37.3 Å². The third-order valence-electron chi connectivity index (χ3n) is 3.87. The van der Waals surface area contributed by atoms with Crippen LogP contribution in [-0.2, 0) is 6.54 Å². The fourth-order valence-corrected chi connectivity index (χ4v) is 2.65. The van der Waals surface area contributed by atoms with Gasteiger partial charge < -0.3 is 15.7 Å². The first-order chi connectivity index (χ1) is 8.52. The predicted molar refractivity (Wildman–Crippen MR) is 75.8 cm³/mol. The molecule has 0 spiro atoms. The van der Waals surface area contributed by atoms with Crippen LogP contribution in [0.4, 0.5) is 5.69 Å². The van der Waals surface area contributed by atoms with Crippen LogP contribution in [0.3, 0.4) is 0 Å². The summed E-state index contributed by atoms with van der Waals surface area (Å²) >= 11 is 0. The Morgan fingerprint density at radius 3 is 2.83 bits per heavy atom. The largest absolute Gasteiger partial charge is 0.390 e. The maximum atomic E-state index is 10.1. The molecule has 1 unspecified atom stereocenters. The Kier molecular flexibility index (Phi) is 3.93. The Hall–Kier alpha value is -1.06. The highest BCUT2D eigenvalue weighted by molar-refractivity contribution is 5.55. The highest BCUT2D eigenvalue weighted by Gasteiger charge is 2.25. The smallest absolute Gasteiger partial charge is 0.0637 e. The first kappa shape index (κ1) is 13.4. The summed E-state index contributed by atoms with van der Waals surface area (Å²) in [6.45, 7) is 6.53. The Labute approximate surface area is 110 Å². The average Bonchev–Trinajstić information content (AvgIpc) is 2.50. The Morgan fingerprint density at radius 2 is 2.11 bits per heavy atom. The summed E-state index contributed by atoms with van der Waals surface area (Å²) in [5.74, 6) is 0. The van der Waals surface area contributed by atoms with Gasteiger partial charge in [-0.25, -0.2) is 0 Å². The first-order valence-corrected chi connectivity index (χ1v) is 6.79. The monoisotopic (exact) mass is 248 g/mol. The molecule has 0 aromatic heterocycles. The summed E-state index contributed by atoms with van der Waals surface area (Å²) < 4.78 is 0. The predicted octanol–water partition coefficient (Wildman–Crippen LogP) is 2.20. The molecule has 3 N–H and O–H groups in total. The molecule has 0 aliphatic carbocycles. The van der Waals surface area contributed by atoms with Gasteiger partial charge in [0, 0.05) is 25.3 Å². The van der Waals surface area contributed by atoms with E-state index < -0.39 is 5.60 Å². The molecule has 100 valence electrons. The minimum Gasteiger partial charge on any atom is -0.390 e. The van der Waals surface area contributed by atoms with E-state index in [1.165, 1.54) is 16.8 Å². The molecule has 1 aromatic rings. The van der Waals surface area contributed by atoms with Gasteiger partial charge in [-0.3, -0.25) is 0 Å². The zero-order valence-electron chi connectivity index (χ0n) is 11.4. The number of hydrogen-bond acceptors (Lipinski definition) is 3. The molecule has 1 atom stereocenters. The molecule has 3 nitrogen and oxygen atoms in total. The summed E-state index contributed by atoms with van der Waals surface area (Å²) in [7, 11) is 0. The highest BCUT2D eigenvalue weighted by atomic mass is 16.3. The second-order valence-electron chi connectivity index (χ2n) is 5.67. The summed E-state index contributed by atoms with van der Waals surface area (Å²) in [6.07, 6.45) is 2.74. The number of anilines is 1. The maximum absolute atomic E-state index is 10.1. The third-order valence-corrected chi connectivity index (χ3v) is 3.87. The van der Waals surface area contributed by atoms with Gasteiger partial charge in [0.15, 0.2) is 0 Å². The van der Waals surface area contributed by atoms with Crippen molar-refractivity contribution in [3.05, 3.63) is 29.3 Å². The van der Waals surface area contributed by atoms with E-state index in [1.807, 2.05) is 6.92 Å². The molecule has 1 aromatic carbocycles. The van der Waals surface area contributed by atoms with Crippen LogP contribution in [-0.4, -0.2) is 23.8 Å². The SMILES string of the molecule is Cc1ccc(CN)c(N2CCCC(C)(O)CC2)c1. The van der Waals surface area contributed by atoms with Crippen molar-refractivity contribution in [2.24, 2.45) is 5.73 Å². The van der Waals surface area contributed by atoms with Crippen LogP contribution in [0, 0.1) is 6.92 Å². The van der Waals surface area contributed by atoms with Gasteiger partial charge in [-0.2, -0.15) is 0 Å².